The molecular weight excluding hydrogens is 308 g/mol. The molecule has 1 atom stereocenters. The Morgan fingerprint density at radius 1 is 1.21 bits per heavy atom. The van der Waals surface area contributed by atoms with Gasteiger partial charge in [-0.1, -0.05) is 49.3 Å². The maximum Gasteiger partial charge on any atom is 0.328 e. The highest BCUT2D eigenvalue weighted by Gasteiger charge is 2.26. The number of esters is 1. The van der Waals surface area contributed by atoms with Crippen molar-refractivity contribution in [1.82, 2.24) is 10.5 Å². The first-order valence-corrected chi connectivity index (χ1v) is 7.89. The molecule has 1 aromatic carbocycles. The number of aromatic nitrogens is 1. The summed E-state index contributed by atoms with van der Waals surface area (Å²) in [6.45, 7) is 3.65. The average molecular weight is 330 g/mol. The van der Waals surface area contributed by atoms with Crippen LogP contribution in [0.4, 0.5) is 0 Å². The van der Waals surface area contributed by atoms with Crippen LogP contribution in [0.5, 0.6) is 0 Å². The molecule has 0 bridgehead atoms. The fourth-order valence-electron chi connectivity index (χ4n) is 2.29. The van der Waals surface area contributed by atoms with Crippen molar-refractivity contribution in [2.24, 2.45) is 5.92 Å². The number of hydrogen-bond acceptors (Lipinski definition) is 5. The van der Waals surface area contributed by atoms with Gasteiger partial charge in [0.05, 0.1) is 12.8 Å². The number of methoxy groups -OCH3 is 1. The fraction of sp³-hybridized carbons (Fsp3) is 0.389. The van der Waals surface area contributed by atoms with Crippen LogP contribution in [0.1, 0.15) is 35.7 Å². The monoisotopic (exact) mass is 330 g/mol. The van der Waals surface area contributed by atoms with E-state index in [9.17, 15) is 9.59 Å². The number of carbonyl (C=O) groups is 2. The van der Waals surface area contributed by atoms with Gasteiger partial charge in [-0.25, -0.2) is 4.79 Å². The van der Waals surface area contributed by atoms with Crippen LogP contribution in [-0.4, -0.2) is 30.2 Å². The van der Waals surface area contributed by atoms with E-state index in [1.807, 2.05) is 44.2 Å². The summed E-state index contributed by atoms with van der Waals surface area (Å²) in [5.41, 5.74) is 1.89. The molecule has 128 valence electrons. The van der Waals surface area contributed by atoms with E-state index in [0.717, 1.165) is 6.42 Å². The van der Waals surface area contributed by atoms with Gasteiger partial charge >= 0.3 is 5.97 Å². The highest BCUT2D eigenvalue weighted by atomic mass is 16.5. The lowest BCUT2D eigenvalue weighted by Crippen LogP contribution is -2.44. The minimum Gasteiger partial charge on any atom is -0.467 e. The molecule has 1 amide bonds. The summed E-state index contributed by atoms with van der Waals surface area (Å²) in [7, 11) is 1.29. The van der Waals surface area contributed by atoms with Crippen molar-refractivity contribution in [3.05, 3.63) is 53.4 Å². The molecule has 1 heterocycles. The largest absolute Gasteiger partial charge is 0.467 e. The van der Waals surface area contributed by atoms with Gasteiger partial charge in [-0.2, -0.15) is 0 Å². The molecule has 24 heavy (non-hydrogen) atoms. The van der Waals surface area contributed by atoms with Crippen LogP contribution in [0, 0.1) is 5.92 Å². The van der Waals surface area contributed by atoms with Crippen molar-refractivity contribution in [3.8, 4) is 0 Å². The predicted octanol–water partition coefficient (Wildman–Crippen LogP) is 2.39. The normalized spacial score (nSPS) is 12.0. The summed E-state index contributed by atoms with van der Waals surface area (Å²) >= 11 is 0. The molecule has 1 N–H and O–H groups in total. The number of aryl methyl sites for hydroxylation is 2. The Labute approximate surface area is 141 Å². The maximum atomic E-state index is 12.2. The van der Waals surface area contributed by atoms with Gasteiger partial charge < -0.3 is 14.6 Å². The van der Waals surface area contributed by atoms with Gasteiger partial charge in [-0.05, 0) is 24.3 Å². The first-order valence-electron chi connectivity index (χ1n) is 7.89. The molecule has 0 unspecified atom stereocenters. The van der Waals surface area contributed by atoms with Crippen molar-refractivity contribution in [2.45, 2.75) is 32.7 Å². The summed E-state index contributed by atoms with van der Waals surface area (Å²) in [4.78, 5) is 23.9. The van der Waals surface area contributed by atoms with Crippen molar-refractivity contribution in [1.29, 1.82) is 0 Å². The number of rotatable bonds is 7. The van der Waals surface area contributed by atoms with Crippen LogP contribution in [-0.2, 0) is 22.4 Å². The Balaban J connectivity index is 1.96. The maximum absolute atomic E-state index is 12.2. The fourth-order valence-corrected chi connectivity index (χ4v) is 2.29. The topological polar surface area (TPSA) is 81.4 Å². The zero-order valence-electron chi connectivity index (χ0n) is 14.1. The molecule has 0 radical (unpaired) electrons. The second-order valence-corrected chi connectivity index (χ2v) is 5.89. The molecule has 0 saturated heterocycles. The zero-order valence-corrected chi connectivity index (χ0v) is 14.1. The van der Waals surface area contributed by atoms with Crippen LogP contribution in [0.25, 0.3) is 0 Å². The van der Waals surface area contributed by atoms with E-state index < -0.39 is 17.9 Å². The van der Waals surface area contributed by atoms with Gasteiger partial charge in [0.25, 0.3) is 5.91 Å². The summed E-state index contributed by atoms with van der Waals surface area (Å²) in [6, 6.07) is 10.9. The molecule has 0 fully saturated rings. The first-order chi connectivity index (χ1) is 11.5. The number of amides is 1. The van der Waals surface area contributed by atoms with E-state index in [1.165, 1.54) is 12.7 Å². The summed E-state index contributed by atoms with van der Waals surface area (Å²) < 4.78 is 9.80. The minimum atomic E-state index is -0.722. The Morgan fingerprint density at radius 2 is 1.92 bits per heavy atom. The van der Waals surface area contributed by atoms with E-state index in [2.05, 4.69) is 10.5 Å². The Bertz CT molecular complexity index is 679. The standard InChI is InChI=1S/C18H22N2O4/c1-12(2)16(18(22)23-3)19-17(21)15-11-14(20-24-15)10-9-13-7-5-4-6-8-13/h4-8,11-12,16H,9-10H2,1-3H3,(H,19,21)/t16-/m0/s1. The first kappa shape index (κ1) is 17.7. The van der Waals surface area contributed by atoms with E-state index in [0.29, 0.717) is 12.1 Å². The summed E-state index contributed by atoms with van der Waals surface area (Å²) in [5.74, 6) is -0.964. The second kappa shape index (κ2) is 8.29. The van der Waals surface area contributed by atoms with Crippen molar-refractivity contribution < 1.29 is 18.8 Å². The minimum absolute atomic E-state index is 0.0904. The van der Waals surface area contributed by atoms with Crippen molar-refractivity contribution >= 4 is 11.9 Å². The smallest absolute Gasteiger partial charge is 0.328 e. The molecular formula is C18H22N2O4. The van der Waals surface area contributed by atoms with Gasteiger partial charge in [0.15, 0.2) is 0 Å². The zero-order chi connectivity index (χ0) is 17.5. The number of hydrogen-bond donors (Lipinski definition) is 1. The van der Waals surface area contributed by atoms with Crippen LogP contribution in [0.3, 0.4) is 0 Å². The third-order valence-electron chi connectivity index (χ3n) is 3.70. The highest BCUT2D eigenvalue weighted by molar-refractivity contribution is 5.94. The molecule has 2 aromatic rings. The molecule has 0 saturated carbocycles. The molecule has 0 aliphatic rings. The van der Waals surface area contributed by atoms with E-state index >= 15 is 0 Å². The molecule has 6 nitrogen and oxygen atoms in total. The van der Waals surface area contributed by atoms with Gasteiger partial charge in [0.2, 0.25) is 5.76 Å². The van der Waals surface area contributed by atoms with Crippen LogP contribution < -0.4 is 5.32 Å². The lowest BCUT2D eigenvalue weighted by atomic mass is 10.0. The van der Waals surface area contributed by atoms with E-state index in [4.69, 9.17) is 9.26 Å². The predicted molar refractivity (Wildman–Crippen MR) is 88.5 cm³/mol. The SMILES string of the molecule is COC(=O)[C@@H](NC(=O)c1cc(CCc2ccccc2)no1)C(C)C. The molecule has 6 heteroatoms. The lowest BCUT2D eigenvalue weighted by molar-refractivity contribution is -0.144. The number of nitrogens with zero attached hydrogens (tertiary/aromatic N) is 1. The van der Waals surface area contributed by atoms with Crippen LogP contribution >= 0.6 is 0 Å². The number of nitrogens with one attached hydrogen (secondary N) is 1. The Morgan fingerprint density at radius 3 is 2.54 bits per heavy atom. The summed E-state index contributed by atoms with van der Waals surface area (Å²) in [6.07, 6.45) is 1.48. The summed E-state index contributed by atoms with van der Waals surface area (Å²) in [5, 5.41) is 6.54. The molecule has 1 aromatic heterocycles. The molecule has 0 spiro atoms. The second-order valence-electron chi connectivity index (χ2n) is 5.89. The van der Waals surface area contributed by atoms with Crippen molar-refractivity contribution in [2.75, 3.05) is 7.11 Å². The van der Waals surface area contributed by atoms with Crippen LogP contribution in [0.2, 0.25) is 0 Å². The molecule has 2 rings (SSSR count). The van der Waals surface area contributed by atoms with Gasteiger partial charge in [-0.3, -0.25) is 4.79 Å². The molecule has 0 aliphatic heterocycles. The number of benzene rings is 1. The van der Waals surface area contributed by atoms with Crippen LogP contribution in [0.15, 0.2) is 40.9 Å². The van der Waals surface area contributed by atoms with E-state index in [1.54, 1.807) is 6.07 Å². The number of carbonyl (C=O) groups excluding carboxylic acids is 2. The Kier molecular flexibility index (Phi) is 6.12. The average Bonchev–Trinajstić information content (AvgIpc) is 3.06. The highest BCUT2D eigenvalue weighted by Crippen LogP contribution is 2.10. The number of ether oxygens (including phenoxy) is 1. The van der Waals surface area contributed by atoms with Gasteiger partial charge in [0.1, 0.15) is 6.04 Å². The lowest BCUT2D eigenvalue weighted by Gasteiger charge is -2.18. The molecule has 0 aliphatic carbocycles. The third-order valence-corrected chi connectivity index (χ3v) is 3.70. The third kappa shape index (κ3) is 4.68. The Hall–Kier alpha value is -2.63. The van der Waals surface area contributed by atoms with Gasteiger partial charge in [-0.15, -0.1) is 0 Å². The van der Waals surface area contributed by atoms with E-state index in [-0.39, 0.29) is 11.7 Å². The van der Waals surface area contributed by atoms with Gasteiger partial charge in [0, 0.05) is 6.07 Å². The van der Waals surface area contributed by atoms with Crippen molar-refractivity contribution in [3.63, 3.8) is 0 Å². The quantitative estimate of drug-likeness (QED) is 0.788.